The van der Waals surface area contributed by atoms with Gasteiger partial charge in [0.2, 0.25) is 5.91 Å². The number of nitrogens with one attached hydrogen (secondary N) is 2. The van der Waals surface area contributed by atoms with Crippen LogP contribution in [0.1, 0.15) is 13.3 Å². The van der Waals surface area contributed by atoms with Crippen molar-refractivity contribution < 1.29 is 23.8 Å². The maximum atomic E-state index is 12.1. The number of benzene rings is 2. The fourth-order valence-electron chi connectivity index (χ4n) is 2.63. The van der Waals surface area contributed by atoms with Crippen molar-refractivity contribution >= 4 is 17.5 Å². The number of amides is 2. The SMILES string of the molecule is CCOc1ccc(OCCNC(=O)C[C@@H]2Oc3ccccc3NC2=O)cc1. The van der Waals surface area contributed by atoms with E-state index < -0.39 is 6.10 Å². The Morgan fingerprint density at radius 1 is 1.11 bits per heavy atom. The summed E-state index contributed by atoms with van der Waals surface area (Å²) in [5.74, 6) is 1.44. The van der Waals surface area contributed by atoms with Gasteiger partial charge in [0, 0.05) is 0 Å². The minimum Gasteiger partial charge on any atom is -0.494 e. The lowest BCUT2D eigenvalue weighted by Crippen LogP contribution is -2.41. The van der Waals surface area contributed by atoms with Gasteiger partial charge in [-0.2, -0.15) is 0 Å². The van der Waals surface area contributed by atoms with Crippen molar-refractivity contribution in [2.75, 3.05) is 25.1 Å². The first-order valence-corrected chi connectivity index (χ1v) is 8.84. The van der Waals surface area contributed by atoms with Crippen LogP contribution in [0.25, 0.3) is 0 Å². The van der Waals surface area contributed by atoms with Crippen LogP contribution in [-0.4, -0.2) is 37.7 Å². The highest BCUT2D eigenvalue weighted by molar-refractivity contribution is 5.99. The fraction of sp³-hybridized carbons (Fsp3) is 0.300. The Bertz CT molecular complexity index is 791. The fourth-order valence-corrected chi connectivity index (χ4v) is 2.63. The third-order valence-corrected chi connectivity index (χ3v) is 3.91. The van der Waals surface area contributed by atoms with E-state index in [-0.39, 0.29) is 18.2 Å². The molecule has 0 fully saturated rings. The molecule has 142 valence electrons. The van der Waals surface area contributed by atoms with E-state index in [4.69, 9.17) is 14.2 Å². The molecule has 7 heteroatoms. The predicted molar refractivity (Wildman–Crippen MR) is 100 cm³/mol. The molecular weight excluding hydrogens is 348 g/mol. The Balaban J connectivity index is 1.39. The second kappa shape index (κ2) is 8.93. The number of ether oxygens (including phenoxy) is 3. The van der Waals surface area contributed by atoms with Gasteiger partial charge in [0.25, 0.3) is 5.91 Å². The largest absolute Gasteiger partial charge is 0.494 e. The maximum absolute atomic E-state index is 12.1. The third kappa shape index (κ3) is 5.13. The molecule has 0 saturated carbocycles. The smallest absolute Gasteiger partial charge is 0.266 e. The summed E-state index contributed by atoms with van der Waals surface area (Å²) in [6, 6.07) is 14.4. The molecule has 2 aromatic rings. The maximum Gasteiger partial charge on any atom is 0.266 e. The number of anilines is 1. The van der Waals surface area contributed by atoms with Gasteiger partial charge >= 0.3 is 0 Å². The van der Waals surface area contributed by atoms with Crippen LogP contribution >= 0.6 is 0 Å². The predicted octanol–water partition coefficient (Wildman–Crippen LogP) is 2.37. The lowest BCUT2D eigenvalue weighted by atomic mass is 10.1. The van der Waals surface area contributed by atoms with E-state index in [1.165, 1.54) is 0 Å². The highest BCUT2D eigenvalue weighted by Gasteiger charge is 2.29. The summed E-state index contributed by atoms with van der Waals surface area (Å²) >= 11 is 0. The first-order valence-electron chi connectivity index (χ1n) is 8.84. The normalized spacial score (nSPS) is 15.1. The number of carbonyl (C=O) groups excluding carboxylic acids is 2. The second-order valence-corrected chi connectivity index (χ2v) is 5.90. The topological polar surface area (TPSA) is 85.9 Å². The molecule has 0 unspecified atom stereocenters. The van der Waals surface area contributed by atoms with E-state index in [2.05, 4.69) is 10.6 Å². The molecule has 0 aliphatic carbocycles. The van der Waals surface area contributed by atoms with Crippen molar-refractivity contribution in [2.45, 2.75) is 19.4 Å². The lowest BCUT2D eigenvalue weighted by molar-refractivity contribution is -0.130. The minimum atomic E-state index is -0.841. The van der Waals surface area contributed by atoms with Gasteiger partial charge in [-0.05, 0) is 43.3 Å². The van der Waals surface area contributed by atoms with Crippen LogP contribution < -0.4 is 24.8 Å². The number of hydrogen-bond donors (Lipinski definition) is 2. The van der Waals surface area contributed by atoms with Crippen LogP contribution in [0.15, 0.2) is 48.5 Å². The van der Waals surface area contributed by atoms with Crippen molar-refractivity contribution in [1.29, 1.82) is 0 Å². The van der Waals surface area contributed by atoms with Gasteiger partial charge in [-0.3, -0.25) is 9.59 Å². The monoisotopic (exact) mass is 370 g/mol. The summed E-state index contributed by atoms with van der Waals surface area (Å²) in [6.07, 6.45) is -0.893. The van der Waals surface area contributed by atoms with Crippen molar-refractivity contribution in [1.82, 2.24) is 5.32 Å². The Morgan fingerprint density at radius 2 is 1.81 bits per heavy atom. The van der Waals surface area contributed by atoms with Gasteiger partial charge in [-0.25, -0.2) is 0 Å². The van der Waals surface area contributed by atoms with Crippen LogP contribution in [0.5, 0.6) is 17.2 Å². The molecule has 1 heterocycles. The summed E-state index contributed by atoms with van der Waals surface area (Å²) in [7, 11) is 0. The number of para-hydroxylation sites is 2. The Morgan fingerprint density at radius 3 is 2.56 bits per heavy atom. The van der Waals surface area contributed by atoms with E-state index in [1.807, 2.05) is 37.3 Å². The lowest BCUT2D eigenvalue weighted by Gasteiger charge is -2.25. The highest BCUT2D eigenvalue weighted by atomic mass is 16.5. The molecule has 1 aliphatic heterocycles. The van der Waals surface area contributed by atoms with Crippen molar-refractivity contribution in [3.63, 3.8) is 0 Å². The van der Waals surface area contributed by atoms with Crippen LogP contribution in [0.3, 0.4) is 0 Å². The number of fused-ring (bicyclic) bond motifs is 1. The van der Waals surface area contributed by atoms with Crippen molar-refractivity contribution in [2.24, 2.45) is 0 Å². The number of carbonyl (C=O) groups is 2. The van der Waals surface area contributed by atoms with Crippen LogP contribution in [0.4, 0.5) is 5.69 Å². The van der Waals surface area contributed by atoms with Crippen molar-refractivity contribution in [3.8, 4) is 17.2 Å². The van der Waals surface area contributed by atoms with Gasteiger partial charge < -0.3 is 24.8 Å². The molecule has 2 aromatic carbocycles. The number of rotatable bonds is 8. The molecule has 0 bridgehead atoms. The van der Waals surface area contributed by atoms with Gasteiger partial charge in [0.05, 0.1) is 25.3 Å². The van der Waals surface area contributed by atoms with Crippen molar-refractivity contribution in [3.05, 3.63) is 48.5 Å². The Kier molecular flexibility index (Phi) is 6.14. The molecule has 7 nitrogen and oxygen atoms in total. The molecule has 27 heavy (non-hydrogen) atoms. The standard InChI is InChI=1S/C20H22N2O5/c1-2-25-14-7-9-15(10-8-14)26-12-11-21-19(23)13-18-20(24)22-16-5-3-4-6-17(16)27-18/h3-10,18H,2,11-13H2,1H3,(H,21,23)(H,22,24)/t18-/m0/s1. The molecule has 2 N–H and O–H groups in total. The van der Waals surface area contributed by atoms with Gasteiger partial charge in [0.1, 0.15) is 23.9 Å². The van der Waals surface area contributed by atoms with Gasteiger partial charge in [-0.15, -0.1) is 0 Å². The van der Waals surface area contributed by atoms with Crippen LogP contribution in [-0.2, 0) is 9.59 Å². The van der Waals surface area contributed by atoms with E-state index in [1.54, 1.807) is 18.2 Å². The van der Waals surface area contributed by atoms with Gasteiger partial charge in [0.15, 0.2) is 6.10 Å². The zero-order valence-electron chi connectivity index (χ0n) is 15.1. The number of hydrogen-bond acceptors (Lipinski definition) is 5. The second-order valence-electron chi connectivity index (χ2n) is 5.90. The molecule has 0 spiro atoms. The first kappa shape index (κ1) is 18.6. The van der Waals surface area contributed by atoms with E-state index in [9.17, 15) is 9.59 Å². The molecule has 2 amide bonds. The average molecular weight is 370 g/mol. The Labute approximate surface area is 157 Å². The van der Waals surface area contributed by atoms with E-state index in [0.29, 0.717) is 36.9 Å². The summed E-state index contributed by atoms with van der Waals surface area (Å²) in [5, 5.41) is 5.47. The minimum absolute atomic E-state index is 0.0524. The molecule has 0 saturated heterocycles. The molecule has 3 rings (SSSR count). The van der Waals surface area contributed by atoms with Gasteiger partial charge in [-0.1, -0.05) is 12.1 Å². The summed E-state index contributed by atoms with van der Waals surface area (Å²) in [5.41, 5.74) is 0.614. The molecular formula is C20H22N2O5. The highest BCUT2D eigenvalue weighted by Crippen LogP contribution is 2.29. The van der Waals surface area contributed by atoms with E-state index >= 15 is 0 Å². The van der Waals surface area contributed by atoms with E-state index in [0.717, 1.165) is 5.75 Å². The van der Waals surface area contributed by atoms with Crippen LogP contribution in [0.2, 0.25) is 0 Å². The third-order valence-electron chi connectivity index (χ3n) is 3.91. The quantitative estimate of drug-likeness (QED) is 0.697. The molecule has 0 radical (unpaired) electrons. The summed E-state index contributed by atoms with van der Waals surface area (Å²) in [4.78, 5) is 24.1. The molecule has 1 aliphatic rings. The average Bonchev–Trinajstić information content (AvgIpc) is 2.67. The molecule has 0 aromatic heterocycles. The summed E-state index contributed by atoms with van der Waals surface area (Å²) < 4.78 is 16.5. The first-order chi connectivity index (χ1) is 13.2. The Hall–Kier alpha value is -3.22. The zero-order valence-corrected chi connectivity index (χ0v) is 15.1. The summed E-state index contributed by atoms with van der Waals surface area (Å²) in [6.45, 7) is 3.19. The van der Waals surface area contributed by atoms with Crippen LogP contribution in [0, 0.1) is 0 Å². The molecule has 1 atom stereocenters. The zero-order chi connectivity index (χ0) is 19.1.